The van der Waals surface area contributed by atoms with Gasteiger partial charge in [-0.05, 0) is 45.7 Å². The van der Waals surface area contributed by atoms with Gasteiger partial charge in [-0.15, -0.1) is 0 Å². The molecule has 2 atom stereocenters. The van der Waals surface area contributed by atoms with E-state index < -0.39 is 0 Å². The number of hydrogen-bond donors (Lipinski definition) is 1. The van der Waals surface area contributed by atoms with E-state index in [1.54, 1.807) is 0 Å². The van der Waals surface area contributed by atoms with Crippen LogP contribution in [0.2, 0.25) is 0 Å². The zero-order valence-corrected chi connectivity index (χ0v) is 12.6. The van der Waals surface area contributed by atoms with E-state index in [-0.39, 0.29) is 18.0 Å². The summed E-state index contributed by atoms with van der Waals surface area (Å²) in [7, 11) is 0. The molecule has 0 spiro atoms. The summed E-state index contributed by atoms with van der Waals surface area (Å²) in [6.45, 7) is 12.1. The quantitative estimate of drug-likeness (QED) is 0.841. The normalized spacial score (nSPS) is 23.5. The third-order valence-electron chi connectivity index (χ3n) is 3.95. The number of aryl methyl sites for hydroxylation is 3. The summed E-state index contributed by atoms with van der Waals surface area (Å²) >= 11 is 0. The number of amides is 1. The van der Waals surface area contributed by atoms with Crippen LogP contribution in [0.1, 0.15) is 40.9 Å². The van der Waals surface area contributed by atoms with Gasteiger partial charge in [0.1, 0.15) is 0 Å². The van der Waals surface area contributed by atoms with Gasteiger partial charge in [0.25, 0.3) is 5.91 Å². The monoisotopic (exact) mass is 260 g/mol. The number of hydrogen-bond acceptors (Lipinski definition) is 2. The topological polar surface area (TPSA) is 32.3 Å². The predicted molar refractivity (Wildman–Crippen MR) is 78.6 cm³/mol. The van der Waals surface area contributed by atoms with Crippen molar-refractivity contribution in [2.45, 2.75) is 46.7 Å². The van der Waals surface area contributed by atoms with Gasteiger partial charge in [-0.25, -0.2) is 0 Å². The molecule has 0 radical (unpaired) electrons. The Bertz CT molecular complexity index is 463. The van der Waals surface area contributed by atoms with E-state index in [0.717, 1.165) is 29.8 Å². The lowest BCUT2D eigenvalue weighted by molar-refractivity contribution is 0.0543. The van der Waals surface area contributed by atoms with Crippen LogP contribution in [-0.4, -0.2) is 36.0 Å². The smallest absolute Gasteiger partial charge is 0.254 e. The Morgan fingerprint density at radius 1 is 1.11 bits per heavy atom. The fourth-order valence-electron chi connectivity index (χ4n) is 3.18. The Labute approximate surface area is 116 Å². The molecular weight excluding hydrogens is 236 g/mol. The Balaban J connectivity index is 2.38. The number of nitrogens with zero attached hydrogens (tertiary/aromatic N) is 1. The van der Waals surface area contributed by atoms with E-state index in [1.165, 1.54) is 5.56 Å². The molecule has 3 nitrogen and oxygen atoms in total. The van der Waals surface area contributed by atoms with Crippen LogP contribution in [0.4, 0.5) is 0 Å². The van der Waals surface area contributed by atoms with Crippen molar-refractivity contribution in [1.82, 2.24) is 10.2 Å². The van der Waals surface area contributed by atoms with Crippen LogP contribution in [0.15, 0.2) is 12.1 Å². The van der Waals surface area contributed by atoms with E-state index in [2.05, 4.69) is 38.2 Å². The molecule has 2 rings (SSSR count). The fraction of sp³-hybridized carbons (Fsp3) is 0.562. The minimum absolute atomic E-state index is 0.177. The van der Waals surface area contributed by atoms with Crippen molar-refractivity contribution in [3.63, 3.8) is 0 Å². The lowest BCUT2D eigenvalue weighted by Crippen LogP contribution is -2.57. The van der Waals surface area contributed by atoms with Crippen LogP contribution < -0.4 is 5.32 Å². The summed E-state index contributed by atoms with van der Waals surface area (Å²) in [6, 6.07) is 4.68. The molecule has 1 saturated heterocycles. The highest BCUT2D eigenvalue weighted by atomic mass is 16.2. The molecular formula is C16H24N2O. The lowest BCUT2D eigenvalue weighted by atomic mass is 9.97. The SMILES string of the molecule is Cc1cc(C)c(C(=O)N2C(C)CNCC2C)c(C)c1. The standard InChI is InChI=1S/C16H24N2O/c1-10-6-11(2)15(12(3)7-10)16(19)18-13(4)8-17-9-14(18)5/h6-7,13-14,17H,8-9H2,1-5H3. The van der Waals surface area contributed by atoms with Crippen molar-refractivity contribution in [3.05, 3.63) is 34.4 Å². The molecule has 1 aliphatic rings. The van der Waals surface area contributed by atoms with Gasteiger partial charge in [0, 0.05) is 30.7 Å². The van der Waals surface area contributed by atoms with Crippen molar-refractivity contribution >= 4 is 5.91 Å². The molecule has 2 unspecified atom stereocenters. The van der Waals surface area contributed by atoms with Crippen molar-refractivity contribution < 1.29 is 4.79 Å². The molecule has 1 aliphatic heterocycles. The van der Waals surface area contributed by atoms with E-state index in [9.17, 15) is 4.79 Å². The van der Waals surface area contributed by atoms with Gasteiger partial charge in [0.2, 0.25) is 0 Å². The summed E-state index contributed by atoms with van der Waals surface area (Å²) in [4.78, 5) is 14.9. The number of rotatable bonds is 1. The molecule has 0 aliphatic carbocycles. The van der Waals surface area contributed by atoms with Gasteiger partial charge in [-0.2, -0.15) is 0 Å². The molecule has 0 saturated carbocycles. The minimum atomic E-state index is 0.177. The highest BCUT2D eigenvalue weighted by molar-refractivity contribution is 5.97. The number of benzene rings is 1. The van der Waals surface area contributed by atoms with Crippen LogP contribution >= 0.6 is 0 Å². The largest absolute Gasteiger partial charge is 0.331 e. The van der Waals surface area contributed by atoms with Gasteiger partial charge in [0.05, 0.1) is 0 Å². The highest BCUT2D eigenvalue weighted by Crippen LogP contribution is 2.22. The summed E-state index contributed by atoms with van der Waals surface area (Å²) in [5.74, 6) is 0.177. The summed E-state index contributed by atoms with van der Waals surface area (Å²) in [6.07, 6.45) is 0. The molecule has 1 amide bonds. The number of piperazine rings is 1. The third kappa shape index (κ3) is 2.66. The van der Waals surface area contributed by atoms with Gasteiger partial charge in [-0.1, -0.05) is 17.7 Å². The van der Waals surface area contributed by atoms with Gasteiger partial charge in [0.15, 0.2) is 0 Å². The van der Waals surface area contributed by atoms with E-state index >= 15 is 0 Å². The molecule has 1 aromatic rings. The van der Waals surface area contributed by atoms with Crippen molar-refractivity contribution in [1.29, 1.82) is 0 Å². The first-order valence-electron chi connectivity index (χ1n) is 7.03. The number of carbonyl (C=O) groups is 1. The maximum Gasteiger partial charge on any atom is 0.254 e. The summed E-state index contributed by atoms with van der Waals surface area (Å²) in [5.41, 5.74) is 4.26. The van der Waals surface area contributed by atoms with Crippen LogP contribution in [0.5, 0.6) is 0 Å². The molecule has 1 aromatic carbocycles. The minimum Gasteiger partial charge on any atom is -0.331 e. The molecule has 1 fully saturated rings. The van der Waals surface area contributed by atoms with Crippen LogP contribution in [0, 0.1) is 20.8 Å². The zero-order chi connectivity index (χ0) is 14.2. The summed E-state index contributed by atoms with van der Waals surface area (Å²) < 4.78 is 0. The molecule has 19 heavy (non-hydrogen) atoms. The summed E-state index contributed by atoms with van der Waals surface area (Å²) in [5, 5.41) is 3.37. The van der Waals surface area contributed by atoms with Crippen LogP contribution in [0.3, 0.4) is 0 Å². The second-order valence-electron chi connectivity index (χ2n) is 5.84. The Hall–Kier alpha value is -1.35. The molecule has 1 N–H and O–H groups in total. The third-order valence-corrected chi connectivity index (χ3v) is 3.95. The average Bonchev–Trinajstić information content (AvgIpc) is 2.26. The molecule has 0 aromatic heterocycles. The Morgan fingerprint density at radius 3 is 2.05 bits per heavy atom. The molecule has 3 heteroatoms. The van der Waals surface area contributed by atoms with E-state index in [1.807, 2.05) is 18.7 Å². The first-order valence-corrected chi connectivity index (χ1v) is 7.03. The Morgan fingerprint density at radius 2 is 1.58 bits per heavy atom. The average molecular weight is 260 g/mol. The van der Waals surface area contributed by atoms with E-state index in [0.29, 0.717) is 0 Å². The van der Waals surface area contributed by atoms with Gasteiger partial charge < -0.3 is 10.2 Å². The second-order valence-corrected chi connectivity index (χ2v) is 5.84. The second kappa shape index (κ2) is 5.33. The molecule has 104 valence electrons. The van der Waals surface area contributed by atoms with Crippen LogP contribution in [0.25, 0.3) is 0 Å². The molecule has 1 heterocycles. The van der Waals surface area contributed by atoms with Gasteiger partial charge in [-0.3, -0.25) is 4.79 Å². The fourth-order valence-corrected chi connectivity index (χ4v) is 3.18. The zero-order valence-electron chi connectivity index (χ0n) is 12.6. The maximum atomic E-state index is 12.9. The predicted octanol–water partition coefficient (Wildman–Crippen LogP) is 2.43. The van der Waals surface area contributed by atoms with Crippen molar-refractivity contribution in [2.24, 2.45) is 0 Å². The van der Waals surface area contributed by atoms with Crippen molar-refractivity contribution in [2.75, 3.05) is 13.1 Å². The van der Waals surface area contributed by atoms with Gasteiger partial charge >= 0.3 is 0 Å². The highest BCUT2D eigenvalue weighted by Gasteiger charge is 2.30. The number of carbonyl (C=O) groups excluding carboxylic acids is 1. The number of nitrogens with one attached hydrogen (secondary N) is 1. The lowest BCUT2D eigenvalue weighted by Gasteiger charge is -2.40. The first kappa shape index (κ1) is 14.1. The van der Waals surface area contributed by atoms with Crippen LogP contribution in [-0.2, 0) is 0 Å². The van der Waals surface area contributed by atoms with Crippen molar-refractivity contribution in [3.8, 4) is 0 Å². The first-order chi connectivity index (χ1) is 8.91. The molecule has 0 bridgehead atoms. The van der Waals surface area contributed by atoms with E-state index in [4.69, 9.17) is 0 Å². The maximum absolute atomic E-state index is 12.9. The Kier molecular flexibility index (Phi) is 3.95.